The van der Waals surface area contributed by atoms with E-state index in [1.54, 1.807) is 34.4 Å². The third kappa shape index (κ3) is 3.64. The van der Waals surface area contributed by atoms with E-state index < -0.39 is 0 Å². The Labute approximate surface area is 169 Å². The Hall–Kier alpha value is -2.17. The van der Waals surface area contributed by atoms with Gasteiger partial charge in [-0.3, -0.25) is 0 Å². The lowest BCUT2D eigenvalue weighted by atomic mass is 10.0. The highest BCUT2D eigenvalue weighted by atomic mass is 32.2. The number of thioether (sulfide) groups is 1. The maximum absolute atomic E-state index is 9.85. The van der Waals surface area contributed by atoms with Crippen LogP contribution in [0.2, 0.25) is 0 Å². The molecule has 0 unspecified atom stereocenters. The van der Waals surface area contributed by atoms with Crippen LogP contribution >= 0.6 is 34.4 Å². The van der Waals surface area contributed by atoms with Crippen molar-refractivity contribution in [3.63, 3.8) is 0 Å². The van der Waals surface area contributed by atoms with Crippen LogP contribution in [-0.4, -0.2) is 22.5 Å². The second-order valence-electron chi connectivity index (χ2n) is 5.88. The molecule has 0 saturated carbocycles. The summed E-state index contributed by atoms with van der Waals surface area (Å²) in [5.41, 5.74) is 3.77. The van der Waals surface area contributed by atoms with Crippen molar-refractivity contribution in [3.8, 4) is 27.8 Å². The summed E-state index contributed by atoms with van der Waals surface area (Å²) in [5, 5.41) is 21.9. The number of nitriles is 1. The van der Waals surface area contributed by atoms with Crippen LogP contribution in [0.25, 0.3) is 31.9 Å². The first-order valence-electron chi connectivity index (χ1n) is 8.52. The molecule has 1 aromatic carbocycles. The Bertz CT molecular complexity index is 1100. The molecule has 1 N–H and O–H groups in total. The lowest BCUT2D eigenvalue weighted by molar-refractivity contribution is 0.296. The van der Waals surface area contributed by atoms with Gasteiger partial charge in [0.25, 0.3) is 0 Å². The molecular weight excluding hydrogens is 392 g/mol. The van der Waals surface area contributed by atoms with Gasteiger partial charge in [0.15, 0.2) is 0 Å². The topological polar surface area (TPSA) is 56.9 Å². The van der Waals surface area contributed by atoms with E-state index in [-0.39, 0.29) is 6.61 Å². The van der Waals surface area contributed by atoms with E-state index in [2.05, 4.69) is 35.7 Å². The zero-order valence-electron chi connectivity index (χ0n) is 14.4. The molecule has 3 aromatic heterocycles. The normalized spacial score (nSPS) is 11.0. The highest BCUT2D eigenvalue weighted by Gasteiger charge is 2.19. The number of benzene rings is 1. The minimum Gasteiger partial charge on any atom is -0.396 e. The Balaban J connectivity index is 1.95. The number of hydrogen-bond acceptors (Lipinski definition) is 6. The molecule has 0 atom stereocenters. The lowest BCUT2D eigenvalue weighted by Crippen LogP contribution is -1.88. The number of aromatic nitrogens is 1. The van der Waals surface area contributed by atoms with Crippen molar-refractivity contribution >= 4 is 44.7 Å². The van der Waals surface area contributed by atoms with Gasteiger partial charge in [0.1, 0.15) is 10.9 Å². The molecule has 0 aliphatic rings. The third-order valence-electron chi connectivity index (χ3n) is 4.14. The van der Waals surface area contributed by atoms with Crippen molar-refractivity contribution in [2.24, 2.45) is 0 Å². The molecule has 0 saturated heterocycles. The summed E-state index contributed by atoms with van der Waals surface area (Å²) in [6.07, 6.45) is 0.712. The van der Waals surface area contributed by atoms with E-state index in [1.165, 1.54) is 0 Å². The highest BCUT2D eigenvalue weighted by Crippen LogP contribution is 2.43. The number of rotatable bonds is 6. The number of aliphatic hydroxyl groups excluding tert-OH is 1. The van der Waals surface area contributed by atoms with Crippen molar-refractivity contribution in [2.45, 2.75) is 10.6 Å². The average Bonchev–Trinajstić information content (AvgIpc) is 3.35. The second-order valence-corrected chi connectivity index (χ2v) is 9.19. The first kappa shape index (κ1) is 18.2. The summed E-state index contributed by atoms with van der Waals surface area (Å²) in [5.74, 6) is 0.788. The number of pyridine rings is 1. The van der Waals surface area contributed by atoms with Crippen molar-refractivity contribution in [3.05, 3.63) is 59.5 Å². The predicted molar refractivity (Wildman–Crippen MR) is 116 cm³/mol. The van der Waals surface area contributed by atoms with Gasteiger partial charge in [-0.1, -0.05) is 36.4 Å². The van der Waals surface area contributed by atoms with Crippen LogP contribution in [0.5, 0.6) is 0 Å². The summed E-state index contributed by atoms with van der Waals surface area (Å²) in [7, 11) is 0. The summed E-state index contributed by atoms with van der Waals surface area (Å²) >= 11 is 4.87. The van der Waals surface area contributed by atoms with Gasteiger partial charge in [-0.25, -0.2) is 4.98 Å². The van der Waals surface area contributed by atoms with Gasteiger partial charge in [-0.2, -0.15) is 5.26 Å². The van der Waals surface area contributed by atoms with Gasteiger partial charge in [-0.15, -0.1) is 34.4 Å². The maximum atomic E-state index is 9.85. The van der Waals surface area contributed by atoms with Gasteiger partial charge in [0, 0.05) is 17.7 Å². The van der Waals surface area contributed by atoms with E-state index in [4.69, 9.17) is 10.1 Å². The smallest absolute Gasteiger partial charge is 0.127 e. The van der Waals surface area contributed by atoms with Gasteiger partial charge >= 0.3 is 0 Å². The van der Waals surface area contributed by atoms with E-state index >= 15 is 0 Å². The molecule has 0 spiro atoms. The number of hydrogen-bond donors (Lipinski definition) is 1. The van der Waals surface area contributed by atoms with E-state index in [0.717, 1.165) is 41.9 Å². The standard InChI is InChI=1S/C21H16N2OS3/c22-13-16-19-15(14-6-2-1-3-7-14)12-17(18-8-4-10-25-18)23-20(19)27-21(16)26-11-5-9-24/h1-4,6-8,10,12,24H,5,9,11H2. The van der Waals surface area contributed by atoms with E-state index in [1.807, 2.05) is 24.3 Å². The molecular formula is C21H16N2OS3. The maximum Gasteiger partial charge on any atom is 0.127 e. The van der Waals surface area contributed by atoms with Crippen LogP contribution in [0.1, 0.15) is 12.0 Å². The molecule has 4 rings (SSSR count). The van der Waals surface area contributed by atoms with Crippen LogP contribution < -0.4 is 0 Å². The summed E-state index contributed by atoms with van der Waals surface area (Å²) in [6, 6.07) is 18.8. The fraction of sp³-hybridized carbons (Fsp3) is 0.143. The lowest BCUT2D eigenvalue weighted by Gasteiger charge is -2.07. The van der Waals surface area contributed by atoms with Crippen molar-refractivity contribution in [2.75, 3.05) is 12.4 Å². The molecule has 0 aliphatic carbocycles. The molecule has 0 aliphatic heterocycles. The monoisotopic (exact) mass is 408 g/mol. The van der Waals surface area contributed by atoms with Crippen LogP contribution in [-0.2, 0) is 0 Å². The van der Waals surface area contributed by atoms with Crippen LogP contribution in [0.3, 0.4) is 0 Å². The van der Waals surface area contributed by atoms with Gasteiger partial charge in [0.2, 0.25) is 0 Å². The van der Waals surface area contributed by atoms with Crippen LogP contribution in [0.4, 0.5) is 0 Å². The first-order valence-corrected chi connectivity index (χ1v) is 11.2. The summed E-state index contributed by atoms with van der Waals surface area (Å²) < 4.78 is 0.981. The SMILES string of the molecule is N#Cc1c(SCCCO)sc2nc(-c3cccs3)cc(-c3ccccc3)c12. The Morgan fingerprint density at radius 1 is 1.15 bits per heavy atom. The molecule has 3 nitrogen and oxygen atoms in total. The van der Waals surface area contributed by atoms with Crippen LogP contribution in [0.15, 0.2) is 58.1 Å². The predicted octanol–water partition coefficient (Wildman–Crippen LogP) is 6.04. The molecule has 134 valence electrons. The Morgan fingerprint density at radius 2 is 2.00 bits per heavy atom. The average molecular weight is 409 g/mol. The van der Waals surface area contributed by atoms with E-state index in [9.17, 15) is 5.26 Å². The zero-order chi connectivity index (χ0) is 18.6. The molecule has 3 heterocycles. The Kier molecular flexibility index (Phi) is 5.55. The summed E-state index contributed by atoms with van der Waals surface area (Å²) in [4.78, 5) is 6.89. The zero-order valence-corrected chi connectivity index (χ0v) is 16.8. The van der Waals surface area contributed by atoms with Gasteiger partial charge in [-0.05, 0) is 35.1 Å². The van der Waals surface area contributed by atoms with Gasteiger partial charge < -0.3 is 5.11 Å². The van der Waals surface area contributed by atoms with Crippen LogP contribution in [0, 0.1) is 11.3 Å². The molecule has 0 bridgehead atoms. The first-order chi connectivity index (χ1) is 13.3. The molecule has 0 fully saturated rings. The van der Waals surface area contributed by atoms with Gasteiger partial charge in [0.05, 0.1) is 20.3 Å². The third-order valence-corrected chi connectivity index (χ3v) is 7.47. The number of aliphatic hydroxyl groups is 1. The number of nitrogens with zero attached hydrogens (tertiary/aromatic N) is 2. The molecule has 4 aromatic rings. The minimum atomic E-state index is 0.163. The highest BCUT2D eigenvalue weighted by molar-refractivity contribution is 8.01. The number of thiophene rings is 2. The fourth-order valence-electron chi connectivity index (χ4n) is 2.91. The largest absolute Gasteiger partial charge is 0.396 e. The molecule has 6 heteroatoms. The summed E-state index contributed by atoms with van der Waals surface area (Å²) in [6.45, 7) is 0.163. The molecule has 0 radical (unpaired) electrons. The number of fused-ring (bicyclic) bond motifs is 1. The second kappa shape index (κ2) is 8.24. The van der Waals surface area contributed by atoms with Crippen molar-refractivity contribution in [1.29, 1.82) is 5.26 Å². The van der Waals surface area contributed by atoms with E-state index in [0.29, 0.717) is 12.0 Å². The van der Waals surface area contributed by atoms with Crippen molar-refractivity contribution < 1.29 is 5.11 Å². The minimum absolute atomic E-state index is 0.163. The fourth-order valence-corrected chi connectivity index (χ4v) is 5.95. The van der Waals surface area contributed by atoms with Crippen molar-refractivity contribution in [1.82, 2.24) is 4.98 Å². The quantitative estimate of drug-likeness (QED) is 0.312. The Morgan fingerprint density at radius 3 is 2.70 bits per heavy atom. The molecule has 0 amide bonds. The molecule has 27 heavy (non-hydrogen) atoms.